The van der Waals surface area contributed by atoms with Crippen LogP contribution >= 0.6 is 0 Å². The van der Waals surface area contributed by atoms with Gasteiger partial charge in [-0.2, -0.15) is 5.26 Å². The number of aryl methyl sites for hydroxylation is 1. The fourth-order valence-corrected chi connectivity index (χ4v) is 4.35. The minimum Gasteiger partial charge on any atom is -0.478 e. The van der Waals surface area contributed by atoms with Crippen LogP contribution in [0.15, 0.2) is 55.0 Å². The summed E-state index contributed by atoms with van der Waals surface area (Å²) in [5, 5.41) is 8.97. The van der Waals surface area contributed by atoms with Gasteiger partial charge in [-0.05, 0) is 26.8 Å². The molecule has 38 heavy (non-hydrogen) atoms. The van der Waals surface area contributed by atoms with Crippen LogP contribution in [-0.2, 0) is 11.8 Å². The highest BCUT2D eigenvalue weighted by Gasteiger charge is 2.36. The highest BCUT2D eigenvalue weighted by Crippen LogP contribution is 2.26. The third-order valence-corrected chi connectivity index (χ3v) is 6.15. The molecule has 1 fully saturated rings. The number of amides is 2. The van der Waals surface area contributed by atoms with Crippen molar-refractivity contribution in [2.24, 2.45) is 7.05 Å². The first kappa shape index (κ1) is 26.7. The van der Waals surface area contributed by atoms with Crippen LogP contribution in [0.3, 0.4) is 0 Å². The summed E-state index contributed by atoms with van der Waals surface area (Å²) in [7, 11) is 1.86. The van der Waals surface area contributed by atoms with Crippen molar-refractivity contribution >= 4 is 12.0 Å². The van der Waals surface area contributed by atoms with Gasteiger partial charge in [-0.15, -0.1) is 0 Å². The van der Waals surface area contributed by atoms with Crippen molar-refractivity contribution in [2.45, 2.75) is 38.8 Å². The molecule has 1 atom stereocenters. The second-order valence-electron chi connectivity index (χ2n) is 10.1. The summed E-state index contributed by atoms with van der Waals surface area (Å²) in [6.45, 7) is 6.74. The van der Waals surface area contributed by atoms with Crippen molar-refractivity contribution in [1.82, 2.24) is 24.3 Å². The number of hydrogen-bond donors (Lipinski definition) is 0. The number of hydrogen-bond acceptors (Lipinski definition) is 7. The molecule has 1 saturated heterocycles. The van der Waals surface area contributed by atoms with Crippen molar-refractivity contribution in [3.8, 4) is 23.2 Å². The van der Waals surface area contributed by atoms with Crippen LogP contribution in [-0.4, -0.2) is 74.2 Å². The summed E-state index contributed by atoms with van der Waals surface area (Å²) in [5.74, 6) is 0.188. The number of nitrogens with zero attached hydrogens (tertiary/aromatic N) is 6. The number of carbonyl (C=O) groups is 2. The van der Waals surface area contributed by atoms with Crippen LogP contribution in [0.25, 0.3) is 11.3 Å². The Morgan fingerprint density at radius 2 is 1.87 bits per heavy atom. The van der Waals surface area contributed by atoms with Crippen molar-refractivity contribution < 1.29 is 19.1 Å². The maximum atomic E-state index is 13.9. The molecule has 3 aromatic rings. The van der Waals surface area contributed by atoms with E-state index >= 15 is 0 Å². The molecule has 2 aromatic heterocycles. The standard InChI is InChI=1S/C28H32N6O4/c1-28(2,3)38-27(36)33-13-14-34(22(18-33)12-15-37-23-11-10-20(16-29)17-30-23)26(35)24-25(32(4)19-31-24)21-8-6-5-7-9-21/h5-11,17,19,22H,12-15,18H2,1-4H3/t22-/m1/s1. The summed E-state index contributed by atoms with van der Waals surface area (Å²) < 4.78 is 13.2. The van der Waals surface area contributed by atoms with Gasteiger partial charge in [0, 0.05) is 50.9 Å². The number of rotatable bonds is 6. The van der Waals surface area contributed by atoms with Crippen molar-refractivity contribution in [2.75, 3.05) is 26.2 Å². The first-order chi connectivity index (χ1) is 18.2. The molecule has 0 aliphatic carbocycles. The lowest BCUT2D eigenvalue weighted by molar-refractivity contribution is 0.00201. The Hall–Kier alpha value is -4.39. The van der Waals surface area contributed by atoms with Crippen LogP contribution in [0.5, 0.6) is 5.88 Å². The third-order valence-electron chi connectivity index (χ3n) is 6.15. The molecule has 4 rings (SSSR count). The van der Waals surface area contributed by atoms with E-state index in [1.165, 1.54) is 6.20 Å². The second kappa shape index (κ2) is 11.3. The molecule has 0 spiro atoms. The normalized spacial score (nSPS) is 15.6. The van der Waals surface area contributed by atoms with Crippen LogP contribution < -0.4 is 4.74 Å². The van der Waals surface area contributed by atoms with E-state index in [1.54, 1.807) is 28.3 Å². The van der Waals surface area contributed by atoms with Gasteiger partial charge in [0.15, 0.2) is 5.69 Å². The van der Waals surface area contributed by atoms with Crippen molar-refractivity contribution in [3.05, 3.63) is 66.2 Å². The van der Waals surface area contributed by atoms with E-state index in [9.17, 15) is 9.59 Å². The topological polar surface area (TPSA) is 114 Å². The summed E-state index contributed by atoms with van der Waals surface area (Å²) in [4.78, 5) is 38.7. The van der Waals surface area contributed by atoms with Gasteiger partial charge in [-0.3, -0.25) is 4.79 Å². The van der Waals surface area contributed by atoms with Crippen LogP contribution in [0.2, 0.25) is 0 Å². The number of piperazine rings is 1. The van der Waals surface area contributed by atoms with Crippen molar-refractivity contribution in [3.63, 3.8) is 0 Å². The van der Waals surface area contributed by atoms with Gasteiger partial charge in [-0.1, -0.05) is 30.3 Å². The molecule has 0 saturated carbocycles. The van der Waals surface area contributed by atoms with Crippen molar-refractivity contribution in [1.29, 1.82) is 5.26 Å². The zero-order chi connectivity index (χ0) is 27.3. The SMILES string of the molecule is Cn1cnc(C(=O)N2CCN(C(=O)OC(C)(C)C)C[C@H]2CCOc2ccc(C#N)cn2)c1-c1ccccc1. The van der Waals surface area contributed by atoms with Gasteiger partial charge in [0.25, 0.3) is 5.91 Å². The van der Waals surface area contributed by atoms with Gasteiger partial charge in [0.05, 0.1) is 30.2 Å². The molecule has 1 aromatic carbocycles. The minimum atomic E-state index is -0.623. The summed E-state index contributed by atoms with van der Waals surface area (Å²) >= 11 is 0. The molecule has 10 heteroatoms. The van der Waals surface area contributed by atoms with Gasteiger partial charge in [0.2, 0.25) is 5.88 Å². The number of ether oxygens (including phenoxy) is 2. The highest BCUT2D eigenvalue weighted by atomic mass is 16.6. The second-order valence-corrected chi connectivity index (χ2v) is 10.1. The fourth-order valence-electron chi connectivity index (χ4n) is 4.35. The maximum absolute atomic E-state index is 13.9. The Kier molecular flexibility index (Phi) is 7.96. The van der Waals surface area contributed by atoms with Gasteiger partial charge < -0.3 is 23.8 Å². The van der Waals surface area contributed by atoms with E-state index in [1.807, 2.05) is 68.8 Å². The Morgan fingerprint density at radius 1 is 1.11 bits per heavy atom. The molecular formula is C28H32N6O4. The predicted molar refractivity (Wildman–Crippen MR) is 140 cm³/mol. The zero-order valence-corrected chi connectivity index (χ0v) is 22.1. The summed E-state index contributed by atoms with van der Waals surface area (Å²) in [6.07, 6.45) is 3.14. The quantitative estimate of drug-likeness (QED) is 0.488. The number of benzene rings is 1. The monoisotopic (exact) mass is 516 g/mol. The molecule has 0 N–H and O–H groups in total. The van der Waals surface area contributed by atoms with E-state index in [-0.39, 0.29) is 18.6 Å². The number of aromatic nitrogens is 3. The Labute approximate surface area is 222 Å². The van der Waals surface area contributed by atoms with E-state index in [4.69, 9.17) is 14.7 Å². The smallest absolute Gasteiger partial charge is 0.410 e. The van der Waals surface area contributed by atoms with Crippen LogP contribution in [0, 0.1) is 11.3 Å². The molecule has 0 unspecified atom stereocenters. The third kappa shape index (κ3) is 6.29. The lowest BCUT2D eigenvalue weighted by Gasteiger charge is -2.41. The number of imidazole rings is 1. The van der Waals surface area contributed by atoms with E-state index in [2.05, 4.69) is 9.97 Å². The molecule has 198 valence electrons. The lowest BCUT2D eigenvalue weighted by atomic mass is 10.1. The molecule has 0 radical (unpaired) electrons. The van der Waals surface area contributed by atoms with Crippen LogP contribution in [0.4, 0.5) is 4.79 Å². The number of pyridine rings is 1. The van der Waals surface area contributed by atoms with E-state index in [0.29, 0.717) is 43.2 Å². The molecule has 1 aliphatic heterocycles. The highest BCUT2D eigenvalue weighted by molar-refractivity contribution is 5.98. The van der Waals surface area contributed by atoms with Gasteiger partial charge >= 0.3 is 6.09 Å². The lowest BCUT2D eigenvalue weighted by Crippen LogP contribution is -2.57. The first-order valence-corrected chi connectivity index (χ1v) is 12.5. The zero-order valence-electron chi connectivity index (χ0n) is 22.1. The molecule has 2 amide bonds. The van der Waals surface area contributed by atoms with Crippen LogP contribution in [0.1, 0.15) is 43.2 Å². The fraction of sp³-hybridized carbons (Fsp3) is 0.393. The molecule has 1 aliphatic rings. The molecule has 10 nitrogen and oxygen atoms in total. The van der Waals surface area contributed by atoms with E-state index in [0.717, 1.165) is 11.3 Å². The number of nitriles is 1. The average molecular weight is 517 g/mol. The average Bonchev–Trinajstić information content (AvgIpc) is 3.29. The molecule has 0 bridgehead atoms. The largest absolute Gasteiger partial charge is 0.478 e. The first-order valence-electron chi connectivity index (χ1n) is 12.5. The van der Waals surface area contributed by atoms with Gasteiger partial charge in [-0.25, -0.2) is 14.8 Å². The minimum absolute atomic E-state index is 0.199. The maximum Gasteiger partial charge on any atom is 0.410 e. The Bertz CT molecular complexity index is 1310. The Balaban J connectivity index is 1.54. The molecule has 3 heterocycles. The summed E-state index contributed by atoms with van der Waals surface area (Å²) in [6, 6.07) is 14.6. The van der Waals surface area contributed by atoms with E-state index < -0.39 is 11.7 Å². The number of carbonyl (C=O) groups excluding carboxylic acids is 2. The summed E-state index contributed by atoms with van der Waals surface area (Å²) in [5.41, 5.74) is 1.82. The predicted octanol–water partition coefficient (Wildman–Crippen LogP) is 3.88. The van der Waals surface area contributed by atoms with Gasteiger partial charge in [0.1, 0.15) is 11.7 Å². The Morgan fingerprint density at radius 3 is 2.53 bits per heavy atom. The molecular weight excluding hydrogens is 484 g/mol.